The molecule has 1 aromatic carbocycles. The summed E-state index contributed by atoms with van der Waals surface area (Å²) in [4.78, 5) is 16.9. The Hall–Kier alpha value is -2.45. The van der Waals surface area contributed by atoms with Crippen LogP contribution in [-0.2, 0) is 11.3 Å². The Bertz CT molecular complexity index is 896. The minimum atomic E-state index is -0.463. The van der Waals surface area contributed by atoms with Crippen molar-refractivity contribution >= 4 is 27.5 Å². The predicted octanol–water partition coefficient (Wildman–Crippen LogP) is 2.48. The molecular formula is C16H17N3O4S. The molecule has 3 aromatic rings. The van der Waals surface area contributed by atoms with Crippen molar-refractivity contribution in [2.24, 2.45) is 4.99 Å². The molecule has 126 valence electrons. The second-order valence-corrected chi connectivity index (χ2v) is 5.89. The number of thiazole rings is 1. The number of benzene rings is 1. The number of fused-ring (bicyclic) bond motifs is 1. The SMILES string of the molecule is CCOc1ccc2c(c1)sc(=NC(=O)c1ccno1)n2CCOC. The highest BCUT2D eigenvalue weighted by Crippen LogP contribution is 2.23. The number of rotatable bonds is 6. The molecule has 0 N–H and O–H groups in total. The van der Waals surface area contributed by atoms with Gasteiger partial charge in [0.05, 0.1) is 29.6 Å². The largest absolute Gasteiger partial charge is 0.494 e. The standard InChI is InChI=1S/C16H17N3O4S/c1-3-22-11-4-5-12-14(10-11)24-16(19(12)8-9-21-2)18-15(20)13-6-7-17-23-13/h4-7,10H,3,8-9H2,1-2H3. The Morgan fingerprint density at radius 3 is 3.00 bits per heavy atom. The number of methoxy groups -OCH3 is 1. The van der Waals surface area contributed by atoms with Gasteiger partial charge in [0.2, 0.25) is 5.76 Å². The summed E-state index contributed by atoms with van der Waals surface area (Å²) in [6.07, 6.45) is 1.42. The van der Waals surface area contributed by atoms with Gasteiger partial charge in [0.1, 0.15) is 5.75 Å². The number of ether oxygens (including phenoxy) is 2. The van der Waals surface area contributed by atoms with Gasteiger partial charge in [-0.2, -0.15) is 4.99 Å². The quantitative estimate of drug-likeness (QED) is 0.684. The van der Waals surface area contributed by atoms with Crippen molar-refractivity contribution in [1.82, 2.24) is 9.72 Å². The summed E-state index contributed by atoms with van der Waals surface area (Å²) >= 11 is 1.42. The van der Waals surface area contributed by atoms with Crippen LogP contribution < -0.4 is 9.54 Å². The van der Waals surface area contributed by atoms with Crippen LogP contribution in [0.15, 0.2) is 40.0 Å². The topological polar surface area (TPSA) is 78.9 Å². The first-order valence-corrected chi connectivity index (χ1v) is 8.29. The van der Waals surface area contributed by atoms with Crippen LogP contribution in [-0.4, -0.2) is 36.0 Å². The van der Waals surface area contributed by atoms with Crippen molar-refractivity contribution in [2.45, 2.75) is 13.5 Å². The Kier molecular flexibility index (Phi) is 5.07. The zero-order chi connectivity index (χ0) is 16.9. The highest BCUT2D eigenvalue weighted by molar-refractivity contribution is 7.16. The molecule has 7 nitrogen and oxygen atoms in total. The minimum Gasteiger partial charge on any atom is -0.494 e. The molecule has 2 heterocycles. The summed E-state index contributed by atoms with van der Waals surface area (Å²) in [5, 5.41) is 3.54. The summed E-state index contributed by atoms with van der Waals surface area (Å²) in [6, 6.07) is 7.31. The monoisotopic (exact) mass is 347 g/mol. The van der Waals surface area contributed by atoms with Crippen LogP contribution in [0.3, 0.4) is 0 Å². The van der Waals surface area contributed by atoms with Gasteiger partial charge in [-0.1, -0.05) is 16.5 Å². The molecule has 8 heteroatoms. The van der Waals surface area contributed by atoms with Crippen LogP contribution in [0.5, 0.6) is 5.75 Å². The summed E-state index contributed by atoms with van der Waals surface area (Å²) < 4.78 is 18.5. The third-order valence-electron chi connectivity index (χ3n) is 3.33. The van der Waals surface area contributed by atoms with E-state index in [0.717, 1.165) is 16.0 Å². The van der Waals surface area contributed by atoms with Gasteiger partial charge in [-0.25, -0.2) is 0 Å². The Morgan fingerprint density at radius 2 is 2.29 bits per heavy atom. The number of carbonyl (C=O) groups is 1. The van der Waals surface area contributed by atoms with E-state index in [9.17, 15) is 4.79 Å². The fourth-order valence-corrected chi connectivity index (χ4v) is 3.35. The molecule has 0 aliphatic rings. The molecule has 0 saturated heterocycles. The number of amides is 1. The second kappa shape index (κ2) is 7.41. The first-order valence-electron chi connectivity index (χ1n) is 7.47. The first-order chi connectivity index (χ1) is 11.7. The maximum absolute atomic E-state index is 12.2. The molecule has 0 aliphatic heterocycles. The molecule has 0 fully saturated rings. The molecule has 2 aromatic heterocycles. The summed E-state index contributed by atoms with van der Waals surface area (Å²) in [7, 11) is 1.64. The Balaban J connectivity index is 2.08. The lowest BCUT2D eigenvalue weighted by molar-refractivity contribution is 0.0962. The molecule has 0 saturated carbocycles. The fourth-order valence-electron chi connectivity index (χ4n) is 2.26. The van der Waals surface area contributed by atoms with E-state index in [2.05, 4.69) is 10.1 Å². The minimum absolute atomic E-state index is 0.112. The van der Waals surface area contributed by atoms with Gasteiger partial charge in [-0.3, -0.25) is 4.79 Å². The summed E-state index contributed by atoms with van der Waals surface area (Å²) in [6.45, 7) is 3.64. The van der Waals surface area contributed by atoms with Crippen LogP contribution in [0.25, 0.3) is 10.2 Å². The lowest BCUT2D eigenvalue weighted by Crippen LogP contribution is -2.19. The van der Waals surface area contributed by atoms with E-state index < -0.39 is 5.91 Å². The molecule has 3 rings (SSSR count). The molecule has 1 amide bonds. The van der Waals surface area contributed by atoms with Gasteiger partial charge < -0.3 is 18.6 Å². The molecule has 0 atom stereocenters. The van der Waals surface area contributed by atoms with Gasteiger partial charge in [-0.05, 0) is 25.1 Å². The molecule has 0 unspecified atom stereocenters. The van der Waals surface area contributed by atoms with E-state index in [4.69, 9.17) is 14.0 Å². The van der Waals surface area contributed by atoms with Gasteiger partial charge in [0.25, 0.3) is 0 Å². The third-order valence-corrected chi connectivity index (χ3v) is 4.37. The van der Waals surface area contributed by atoms with Crippen LogP contribution in [0, 0.1) is 0 Å². The van der Waals surface area contributed by atoms with Crippen molar-refractivity contribution in [3.05, 3.63) is 41.0 Å². The number of aromatic nitrogens is 2. The number of carbonyl (C=O) groups excluding carboxylic acids is 1. The van der Waals surface area contributed by atoms with E-state index in [0.29, 0.717) is 24.6 Å². The van der Waals surface area contributed by atoms with Gasteiger partial charge in [-0.15, -0.1) is 0 Å². The maximum atomic E-state index is 12.2. The number of hydrogen-bond acceptors (Lipinski definition) is 6. The van der Waals surface area contributed by atoms with Crippen molar-refractivity contribution in [2.75, 3.05) is 20.3 Å². The molecule has 0 bridgehead atoms. The van der Waals surface area contributed by atoms with Crippen molar-refractivity contribution < 1.29 is 18.8 Å². The normalized spacial score (nSPS) is 12.0. The molecule has 0 aliphatic carbocycles. The lowest BCUT2D eigenvalue weighted by Gasteiger charge is -2.05. The van der Waals surface area contributed by atoms with Crippen LogP contribution in [0.1, 0.15) is 17.5 Å². The zero-order valence-electron chi connectivity index (χ0n) is 13.4. The molecule has 0 radical (unpaired) electrons. The Labute approximate surface area is 142 Å². The van der Waals surface area contributed by atoms with Crippen molar-refractivity contribution in [1.29, 1.82) is 0 Å². The van der Waals surface area contributed by atoms with E-state index in [1.54, 1.807) is 7.11 Å². The zero-order valence-corrected chi connectivity index (χ0v) is 14.2. The predicted molar refractivity (Wildman–Crippen MR) is 89.3 cm³/mol. The number of nitrogens with zero attached hydrogens (tertiary/aromatic N) is 3. The van der Waals surface area contributed by atoms with E-state index in [-0.39, 0.29) is 5.76 Å². The highest BCUT2D eigenvalue weighted by Gasteiger charge is 2.12. The van der Waals surface area contributed by atoms with Crippen molar-refractivity contribution in [3.8, 4) is 5.75 Å². The highest BCUT2D eigenvalue weighted by atomic mass is 32.1. The van der Waals surface area contributed by atoms with Crippen LogP contribution in [0.4, 0.5) is 0 Å². The summed E-state index contributed by atoms with van der Waals surface area (Å²) in [5.74, 6) is 0.439. The van der Waals surface area contributed by atoms with E-state index in [1.165, 1.54) is 23.6 Å². The van der Waals surface area contributed by atoms with E-state index in [1.807, 2.05) is 29.7 Å². The average Bonchev–Trinajstić information content (AvgIpc) is 3.21. The number of hydrogen-bond donors (Lipinski definition) is 0. The molecule has 24 heavy (non-hydrogen) atoms. The fraction of sp³-hybridized carbons (Fsp3) is 0.312. The van der Waals surface area contributed by atoms with Gasteiger partial charge >= 0.3 is 5.91 Å². The van der Waals surface area contributed by atoms with Crippen molar-refractivity contribution in [3.63, 3.8) is 0 Å². The smallest absolute Gasteiger partial charge is 0.318 e. The Morgan fingerprint density at radius 1 is 1.42 bits per heavy atom. The maximum Gasteiger partial charge on any atom is 0.318 e. The van der Waals surface area contributed by atoms with Gasteiger partial charge in [0, 0.05) is 19.7 Å². The van der Waals surface area contributed by atoms with Crippen LogP contribution in [0.2, 0.25) is 0 Å². The first kappa shape index (κ1) is 16.4. The summed E-state index contributed by atoms with van der Waals surface area (Å²) in [5.41, 5.74) is 0.977. The van der Waals surface area contributed by atoms with Gasteiger partial charge in [0.15, 0.2) is 4.80 Å². The average molecular weight is 347 g/mol. The lowest BCUT2D eigenvalue weighted by atomic mass is 10.3. The van der Waals surface area contributed by atoms with E-state index >= 15 is 0 Å². The third kappa shape index (κ3) is 3.39. The molecule has 0 spiro atoms. The van der Waals surface area contributed by atoms with Crippen LogP contribution >= 0.6 is 11.3 Å². The molecular weight excluding hydrogens is 330 g/mol. The second-order valence-electron chi connectivity index (χ2n) is 4.89.